The third-order valence-electron chi connectivity index (χ3n) is 4.01. The van der Waals surface area contributed by atoms with Gasteiger partial charge in [0.25, 0.3) is 0 Å². The second-order valence-corrected chi connectivity index (χ2v) is 6.22. The van der Waals surface area contributed by atoms with Crippen LogP contribution in [0, 0.1) is 5.82 Å². The molecule has 0 unspecified atom stereocenters. The molecule has 0 aliphatic heterocycles. The zero-order valence-electron chi connectivity index (χ0n) is 15.4. The number of ether oxygens (including phenoxy) is 1. The minimum absolute atomic E-state index is 0.323. The van der Waals surface area contributed by atoms with Crippen LogP contribution in [0.3, 0.4) is 0 Å². The predicted octanol–water partition coefficient (Wildman–Crippen LogP) is 5.08. The highest BCUT2D eigenvalue weighted by Crippen LogP contribution is 2.20. The molecule has 0 atom stereocenters. The molecule has 1 heterocycles. The number of hydrogen-bond donors (Lipinski definition) is 2. The fraction of sp³-hybridized carbons (Fsp3) is 0.0455. The van der Waals surface area contributed by atoms with Gasteiger partial charge in [-0.2, -0.15) is 10.1 Å². The highest BCUT2D eigenvalue weighted by Gasteiger charge is 2.04. The third kappa shape index (κ3) is 5.26. The van der Waals surface area contributed by atoms with Crippen molar-refractivity contribution in [3.63, 3.8) is 0 Å². The van der Waals surface area contributed by atoms with Crippen molar-refractivity contribution in [2.24, 2.45) is 0 Å². The highest BCUT2D eigenvalue weighted by atomic mass is 19.1. The van der Waals surface area contributed by atoms with E-state index in [0.29, 0.717) is 24.1 Å². The lowest BCUT2D eigenvalue weighted by molar-refractivity contribution is 0.306. The first-order valence-electron chi connectivity index (χ1n) is 9.01. The van der Waals surface area contributed by atoms with E-state index in [4.69, 9.17) is 4.74 Å². The van der Waals surface area contributed by atoms with Gasteiger partial charge in [0.1, 0.15) is 18.2 Å². The Hall–Kier alpha value is -4.00. The zero-order chi connectivity index (χ0) is 19.9. The molecule has 0 radical (unpaired) electrons. The molecule has 0 saturated carbocycles. The van der Waals surface area contributed by atoms with Crippen molar-refractivity contribution < 1.29 is 9.13 Å². The number of aromatic nitrogens is 3. The molecular formula is C22H18FN5O. The van der Waals surface area contributed by atoms with E-state index in [1.165, 1.54) is 18.3 Å². The smallest absolute Gasteiger partial charge is 0.249 e. The van der Waals surface area contributed by atoms with Crippen molar-refractivity contribution in [2.75, 3.05) is 10.6 Å². The molecule has 0 saturated heterocycles. The lowest BCUT2D eigenvalue weighted by Gasteiger charge is -2.09. The van der Waals surface area contributed by atoms with E-state index in [-0.39, 0.29) is 5.82 Å². The molecule has 0 amide bonds. The molecule has 3 aromatic carbocycles. The summed E-state index contributed by atoms with van der Waals surface area (Å²) in [6.45, 7) is 0.508. The van der Waals surface area contributed by atoms with Gasteiger partial charge < -0.3 is 15.4 Å². The van der Waals surface area contributed by atoms with Gasteiger partial charge in [-0.3, -0.25) is 0 Å². The molecule has 0 aliphatic rings. The summed E-state index contributed by atoms with van der Waals surface area (Å²) in [6, 6.07) is 23.6. The fourth-order valence-corrected chi connectivity index (χ4v) is 2.64. The normalized spacial score (nSPS) is 10.4. The first kappa shape index (κ1) is 18.4. The first-order valence-corrected chi connectivity index (χ1v) is 9.01. The van der Waals surface area contributed by atoms with Crippen LogP contribution < -0.4 is 15.4 Å². The van der Waals surface area contributed by atoms with Gasteiger partial charge in [0, 0.05) is 11.4 Å². The van der Waals surface area contributed by atoms with Gasteiger partial charge in [-0.1, -0.05) is 36.4 Å². The van der Waals surface area contributed by atoms with Crippen molar-refractivity contribution in [2.45, 2.75) is 6.61 Å². The van der Waals surface area contributed by atoms with Crippen molar-refractivity contribution >= 4 is 23.1 Å². The average molecular weight is 387 g/mol. The van der Waals surface area contributed by atoms with Gasteiger partial charge >= 0.3 is 0 Å². The number of halogens is 1. The van der Waals surface area contributed by atoms with Gasteiger partial charge in [0.2, 0.25) is 5.95 Å². The largest absolute Gasteiger partial charge is 0.489 e. The second kappa shape index (κ2) is 8.79. The van der Waals surface area contributed by atoms with Crippen LogP contribution in [0.25, 0.3) is 0 Å². The van der Waals surface area contributed by atoms with Crippen LogP contribution in [0.4, 0.5) is 27.5 Å². The van der Waals surface area contributed by atoms with Gasteiger partial charge in [-0.25, -0.2) is 4.39 Å². The maximum absolute atomic E-state index is 13.3. The summed E-state index contributed by atoms with van der Waals surface area (Å²) in [6.07, 6.45) is 1.47. The summed E-state index contributed by atoms with van der Waals surface area (Å²) in [5.74, 6) is 1.21. The molecule has 0 spiro atoms. The van der Waals surface area contributed by atoms with E-state index in [0.717, 1.165) is 17.0 Å². The molecule has 0 bridgehead atoms. The summed E-state index contributed by atoms with van der Waals surface area (Å²) in [5, 5.41) is 14.0. The minimum Gasteiger partial charge on any atom is -0.489 e. The number of anilines is 4. The predicted molar refractivity (Wildman–Crippen MR) is 110 cm³/mol. The molecule has 4 aromatic rings. The van der Waals surface area contributed by atoms with E-state index in [2.05, 4.69) is 25.8 Å². The Morgan fingerprint density at radius 2 is 1.66 bits per heavy atom. The maximum atomic E-state index is 13.3. The Labute approximate surface area is 167 Å². The number of nitrogens with zero attached hydrogens (tertiary/aromatic N) is 3. The molecular weight excluding hydrogens is 369 g/mol. The molecule has 2 N–H and O–H groups in total. The van der Waals surface area contributed by atoms with Crippen LogP contribution in [0.2, 0.25) is 0 Å². The molecule has 0 fully saturated rings. The highest BCUT2D eigenvalue weighted by molar-refractivity contribution is 5.59. The Kier molecular flexibility index (Phi) is 5.57. The van der Waals surface area contributed by atoms with E-state index < -0.39 is 0 Å². The van der Waals surface area contributed by atoms with Crippen LogP contribution in [-0.2, 0) is 6.61 Å². The standard InChI is InChI=1S/C22H18FN5O/c23-17-7-4-8-19(13-17)25-21-14-24-28-22(27-21)26-18-9-11-20(12-10-18)29-15-16-5-2-1-3-6-16/h1-14H,15H2,(H2,25,26,27,28). The Bertz CT molecular complexity index is 1070. The van der Waals surface area contributed by atoms with Crippen LogP contribution in [0.1, 0.15) is 5.56 Å². The molecule has 7 heteroatoms. The summed E-state index contributed by atoms with van der Waals surface area (Å²) in [7, 11) is 0. The molecule has 6 nitrogen and oxygen atoms in total. The third-order valence-corrected chi connectivity index (χ3v) is 4.01. The monoisotopic (exact) mass is 387 g/mol. The van der Waals surface area contributed by atoms with Crippen molar-refractivity contribution in [1.29, 1.82) is 0 Å². The zero-order valence-corrected chi connectivity index (χ0v) is 15.4. The van der Waals surface area contributed by atoms with Crippen molar-refractivity contribution in [3.8, 4) is 5.75 Å². The summed E-state index contributed by atoms with van der Waals surface area (Å²) in [5.41, 5.74) is 2.48. The summed E-state index contributed by atoms with van der Waals surface area (Å²) >= 11 is 0. The van der Waals surface area contributed by atoms with Crippen LogP contribution >= 0.6 is 0 Å². The van der Waals surface area contributed by atoms with E-state index in [1.54, 1.807) is 12.1 Å². The fourth-order valence-electron chi connectivity index (χ4n) is 2.64. The van der Waals surface area contributed by atoms with Gasteiger partial charge in [-0.05, 0) is 48.0 Å². The van der Waals surface area contributed by atoms with Gasteiger partial charge in [-0.15, -0.1) is 5.10 Å². The van der Waals surface area contributed by atoms with E-state index >= 15 is 0 Å². The number of benzene rings is 3. The van der Waals surface area contributed by atoms with Gasteiger partial charge in [0.05, 0.1) is 6.20 Å². The van der Waals surface area contributed by atoms with Crippen molar-refractivity contribution in [1.82, 2.24) is 15.2 Å². The van der Waals surface area contributed by atoms with E-state index in [9.17, 15) is 4.39 Å². The van der Waals surface area contributed by atoms with Crippen LogP contribution in [0.15, 0.2) is 85.1 Å². The lowest BCUT2D eigenvalue weighted by atomic mass is 10.2. The Morgan fingerprint density at radius 1 is 0.828 bits per heavy atom. The van der Waals surface area contributed by atoms with Crippen LogP contribution in [0.5, 0.6) is 5.75 Å². The number of nitrogens with one attached hydrogen (secondary N) is 2. The maximum Gasteiger partial charge on any atom is 0.249 e. The molecule has 144 valence electrons. The molecule has 0 aliphatic carbocycles. The Balaban J connectivity index is 1.37. The topological polar surface area (TPSA) is 72.0 Å². The molecule has 4 rings (SSSR count). The summed E-state index contributed by atoms with van der Waals surface area (Å²) < 4.78 is 19.1. The minimum atomic E-state index is -0.329. The van der Waals surface area contributed by atoms with E-state index in [1.807, 2.05) is 54.6 Å². The van der Waals surface area contributed by atoms with Gasteiger partial charge in [0.15, 0.2) is 5.82 Å². The number of rotatable bonds is 7. The first-order chi connectivity index (χ1) is 14.2. The van der Waals surface area contributed by atoms with Crippen molar-refractivity contribution in [3.05, 3.63) is 96.4 Å². The molecule has 29 heavy (non-hydrogen) atoms. The number of hydrogen-bond acceptors (Lipinski definition) is 6. The molecule has 1 aromatic heterocycles. The van der Waals surface area contributed by atoms with Crippen LogP contribution in [-0.4, -0.2) is 15.2 Å². The second-order valence-electron chi connectivity index (χ2n) is 6.22. The SMILES string of the molecule is Fc1cccc(Nc2cnnc(Nc3ccc(OCc4ccccc4)cc3)n2)c1. The summed E-state index contributed by atoms with van der Waals surface area (Å²) in [4.78, 5) is 4.34. The lowest BCUT2D eigenvalue weighted by Crippen LogP contribution is -2.02. The quantitative estimate of drug-likeness (QED) is 0.461. The Morgan fingerprint density at radius 3 is 2.45 bits per heavy atom. The average Bonchev–Trinajstić information content (AvgIpc) is 2.74.